The zero-order chi connectivity index (χ0) is 13.3. The first-order valence-electron chi connectivity index (χ1n) is 5.02. The van der Waals surface area contributed by atoms with Gasteiger partial charge >= 0.3 is 0 Å². The van der Waals surface area contributed by atoms with Crippen molar-refractivity contribution in [2.24, 2.45) is 27.2 Å². The molecule has 18 heavy (non-hydrogen) atoms. The van der Waals surface area contributed by atoms with Gasteiger partial charge in [0.1, 0.15) is 5.82 Å². The Morgan fingerprint density at radius 3 is 2.72 bits per heavy atom. The van der Waals surface area contributed by atoms with Crippen LogP contribution < -0.4 is 22.5 Å². The second kappa shape index (κ2) is 4.32. The molecule has 1 heterocycles. The largest absolute Gasteiger partial charge is 0.370 e. The number of guanidine groups is 2. The number of carbonyl (C=O) groups excluding carboxylic acids is 1. The number of hydrogen-bond donors (Lipinski definition) is 4. The highest BCUT2D eigenvalue weighted by Gasteiger charge is 2.22. The molecule has 8 heteroatoms. The maximum Gasteiger partial charge on any atom is 0.252 e. The third kappa shape index (κ3) is 2.21. The third-order valence-electron chi connectivity index (χ3n) is 2.34. The molecule has 0 fully saturated rings. The van der Waals surface area contributed by atoms with Crippen molar-refractivity contribution in [3.63, 3.8) is 0 Å². The van der Waals surface area contributed by atoms with Gasteiger partial charge in [0.25, 0.3) is 5.91 Å². The van der Waals surface area contributed by atoms with E-state index in [1.54, 1.807) is 0 Å². The molecule has 0 saturated heterocycles. The molecular formula is C10H11FN6O. The summed E-state index contributed by atoms with van der Waals surface area (Å²) in [6.07, 6.45) is 0. The summed E-state index contributed by atoms with van der Waals surface area (Å²) in [5.41, 5.74) is 16.4. The number of amides is 1. The van der Waals surface area contributed by atoms with Crippen molar-refractivity contribution in [1.29, 1.82) is 0 Å². The highest BCUT2D eigenvalue weighted by molar-refractivity contribution is 5.99. The van der Waals surface area contributed by atoms with Crippen molar-refractivity contribution in [3.8, 4) is 0 Å². The van der Waals surface area contributed by atoms with E-state index < -0.39 is 5.82 Å². The van der Waals surface area contributed by atoms with Crippen LogP contribution in [0, 0.1) is 5.82 Å². The minimum absolute atomic E-state index is 0.172. The lowest BCUT2D eigenvalue weighted by Crippen LogP contribution is -2.26. The van der Waals surface area contributed by atoms with Crippen LogP contribution >= 0.6 is 0 Å². The minimum Gasteiger partial charge on any atom is -0.370 e. The van der Waals surface area contributed by atoms with Crippen LogP contribution in [0.15, 0.2) is 22.1 Å². The summed E-state index contributed by atoms with van der Waals surface area (Å²) in [5, 5.41) is 2.51. The lowest BCUT2D eigenvalue weighted by atomic mass is 10.1. The van der Waals surface area contributed by atoms with Crippen LogP contribution in [0.5, 0.6) is 0 Å². The van der Waals surface area contributed by atoms with Crippen molar-refractivity contribution in [3.05, 3.63) is 29.1 Å². The average Bonchev–Trinajstić information content (AvgIpc) is 2.59. The molecule has 1 aliphatic heterocycles. The first-order chi connectivity index (χ1) is 8.47. The summed E-state index contributed by atoms with van der Waals surface area (Å²) in [6, 6.07) is 2.59. The third-order valence-corrected chi connectivity index (χ3v) is 2.34. The normalized spacial score (nSPS) is 14.1. The minimum atomic E-state index is -0.526. The summed E-state index contributed by atoms with van der Waals surface area (Å²) < 4.78 is 13.7. The first-order valence-corrected chi connectivity index (χ1v) is 5.02. The highest BCUT2D eigenvalue weighted by Crippen LogP contribution is 2.25. The van der Waals surface area contributed by atoms with E-state index in [4.69, 9.17) is 17.2 Å². The highest BCUT2D eigenvalue weighted by atomic mass is 19.1. The van der Waals surface area contributed by atoms with E-state index in [1.807, 2.05) is 0 Å². The van der Waals surface area contributed by atoms with Gasteiger partial charge in [0.2, 0.25) is 5.96 Å². The van der Waals surface area contributed by atoms with Crippen LogP contribution in [0.4, 0.5) is 10.1 Å². The molecule has 7 nitrogen and oxygen atoms in total. The number of benzene rings is 1. The molecule has 2 rings (SSSR count). The lowest BCUT2D eigenvalue weighted by molar-refractivity contribution is 0.0966. The fourth-order valence-corrected chi connectivity index (χ4v) is 1.62. The standard InChI is InChI=1S/C10H11FN6O/c11-7-2-4(16-10(14)17-9(12)13)1-5-6(7)3-15-8(5)18/h1-2H,3H2,(H,15,18)(H6,12,13,14,16,17). The number of fused-ring (bicyclic) bond motifs is 1. The molecule has 1 aromatic rings. The molecule has 0 radical (unpaired) electrons. The van der Waals surface area contributed by atoms with Gasteiger partial charge in [-0.15, -0.1) is 0 Å². The van der Waals surface area contributed by atoms with Crippen molar-refractivity contribution >= 4 is 23.5 Å². The Morgan fingerprint density at radius 1 is 1.33 bits per heavy atom. The number of nitrogens with zero attached hydrogens (tertiary/aromatic N) is 2. The van der Waals surface area contributed by atoms with E-state index in [9.17, 15) is 9.18 Å². The van der Waals surface area contributed by atoms with E-state index >= 15 is 0 Å². The molecule has 94 valence electrons. The average molecular weight is 250 g/mol. The van der Waals surface area contributed by atoms with Crippen LogP contribution in [-0.4, -0.2) is 17.8 Å². The second-order valence-electron chi connectivity index (χ2n) is 3.64. The van der Waals surface area contributed by atoms with E-state index in [2.05, 4.69) is 15.3 Å². The fraction of sp³-hybridized carbons (Fsp3) is 0.100. The van der Waals surface area contributed by atoms with Gasteiger partial charge in [-0.1, -0.05) is 0 Å². The molecule has 0 saturated carbocycles. The molecule has 0 unspecified atom stereocenters. The molecule has 0 aromatic heterocycles. The summed E-state index contributed by atoms with van der Waals surface area (Å²) in [4.78, 5) is 18.7. The number of nitrogens with two attached hydrogens (primary N) is 3. The monoisotopic (exact) mass is 250 g/mol. The van der Waals surface area contributed by atoms with E-state index in [0.717, 1.165) is 6.07 Å². The number of carbonyl (C=O) groups is 1. The number of nitrogens with one attached hydrogen (secondary N) is 1. The molecule has 1 amide bonds. The summed E-state index contributed by atoms with van der Waals surface area (Å²) in [5.74, 6) is -1.34. The molecular weight excluding hydrogens is 239 g/mol. The van der Waals surface area contributed by atoms with E-state index in [1.165, 1.54) is 6.07 Å². The predicted octanol–water partition coefficient (Wildman–Crippen LogP) is -0.711. The summed E-state index contributed by atoms with van der Waals surface area (Å²) >= 11 is 0. The Bertz CT molecular complexity index is 576. The van der Waals surface area contributed by atoms with Crippen LogP contribution in [0.2, 0.25) is 0 Å². The molecule has 7 N–H and O–H groups in total. The smallest absolute Gasteiger partial charge is 0.252 e. The maximum absolute atomic E-state index is 13.7. The van der Waals surface area contributed by atoms with Crippen molar-refractivity contribution in [2.75, 3.05) is 0 Å². The number of aliphatic imine (C=N–C) groups is 2. The first kappa shape index (κ1) is 11.8. The Kier molecular flexibility index (Phi) is 2.84. The molecule has 0 atom stereocenters. The van der Waals surface area contributed by atoms with Gasteiger partial charge in [-0.3, -0.25) is 4.79 Å². The number of rotatable bonds is 1. The van der Waals surface area contributed by atoms with Gasteiger partial charge in [0.15, 0.2) is 5.96 Å². The number of halogens is 1. The van der Waals surface area contributed by atoms with Crippen LogP contribution in [0.25, 0.3) is 0 Å². The predicted molar refractivity (Wildman–Crippen MR) is 64.7 cm³/mol. The van der Waals surface area contributed by atoms with E-state index in [0.29, 0.717) is 5.56 Å². The zero-order valence-electron chi connectivity index (χ0n) is 9.27. The van der Waals surface area contributed by atoms with Gasteiger partial charge in [0, 0.05) is 23.7 Å². The Labute approximate surface area is 102 Å². The Morgan fingerprint density at radius 2 is 2.06 bits per heavy atom. The van der Waals surface area contributed by atoms with Crippen LogP contribution in [0.1, 0.15) is 15.9 Å². The topological polar surface area (TPSA) is 132 Å². The SMILES string of the molecule is NC(N)=NC(N)=Nc1cc(F)c2c(c1)C(=O)NC2. The van der Waals surface area contributed by atoms with Gasteiger partial charge < -0.3 is 22.5 Å². The molecule has 1 aliphatic rings. The molecule has 0 bridgehead atoms. The van der Waals surface area contributed by atoms with Gasteiger partial charge in [-0.05, 0) is 6.07 Å². The maximum atomic E-state index is 13.7. The molecule has 1 aromatic carbocycles. The zero-order valence-corrected chi connectivity index (χ0v) is 9.27. The van der Waals surface area contributed by atoms with Crippen LogP contribution in [0.3, 0.4) is 0 Å². The summed E-state index contributed by atoms with van der Waals surface area (Å²) in [7, 11) is 0. The quantitative estimate of drug-likeness (QED) is 0.387. The fourth-order valence-electron chi connectivity index (χ4n) is 1.62. The lowest BCUT2D eigenvalue weighted by Gasteiger charge is -2.01. The summed E-state index contributed by atoms with van der Waals surface area (Å²) in [6.45, 7) is 0.174. The van der Waals surface area contributed by atoms with Crippen molar-refractivity contribution in [1.82, 2.24) is 5.32 Å². The van der Waals surface area contributed by atoms with E-state index in [-0.39, 0.29) is 35.6 Å². The van der Waals surface area contributed by atoms with Crippen LogP contribution in [-0.2, 0) is 6.54 Å². The molecule has 0 aliphatic carbocycles. The van der Waals surface area contributed by atoms with Gasteiger partial charge in [-0.2, -0.15) is 4.99 Å². The van der Waals surface area contributed by atoms with Gasteiger partial charge in [0.05, 0.1) is 5.69 Å². The van der Waals surface area contributed by atoms with Crippen molar-refractivity contribution in [2.45, 2.75) is 6.54 Å². The van der Waals surface area contributed by atoms with Gasteiger partial charge in [-0.25, -0.2) is 9.38 Å². The second-order valence-corrected chi connectivity index (χ2v) is 3.64. The number of hydrogen-bond acceptors (Lipinski definition) is 2. The van der Waals surface area contributed by atoms with Crippen molar-refractivity contribution < 1.29 is 9.18 Å². The molecule has 0 spiro atoms. The Hall–Kier alpha value is -2.64. The Balaban J connectivity index is 2.43.